The molecule has 2 N–H and O–H groups in total. The van der Waals surface area contributed by atoms with E-state index in [1.54, 1.807) is 6.07 Å². The van der Waals surface area contributed by atoms with Crippen LogP contribution >= 0.6 is 11.8 Å². The summed E-state index contributed by atoms with van der Waals surface area (Å²) in [5, 5.41) is 11.1. The maximum atomic E-state index is 11.4. The van der Waals surface area contributed by atoms with Crippen molar-refractivity contribution in [2.45, 2.75) is 18.6 Å². The normalized spacial score (nSPS) is 12.1. The predicted molar refractivity (Wildman–Crippen MR) is 64.8 cm³/mol. The van der Waals surface area contributed by atoms with Crippen molar-refractivity contribution < 1.29 is 19.1 Å². The Kier molecular flexibility index (Phi) is 5.79. The lowest BCUT2D eigenvalue weighted by Crippen LogP contribution is -2.32. The van der Waals surface area contributed by atoms with Gasteiger partial charge >= 0.3 is 0 Å². The van der Waals surface area contributed by atoms with Gasteiger partial charge in [-0.25, -0.2) is 0 Å². The summed E-state index contributed by atoms with van der Waals surface area (Å²) in [5.41, 5.74) is 0. The summed E-state index contributed by atoms with van der Waals surface area (Å²) in [6, 6.07) is 3.07. The number of rotatable bonds is 6. The molecule has 1 unspecified atom stereocenters. The van der Waals surface area contributed by atoms with Crippen LogP contribution in [-0.2, 0) is 4.79 Å². The molecule has 1 atom stereocenters. The Morgan fingerprint density at radius 3 is 2.94 bits per heavy atom. The van der Waals surface area contributed by atoms with Gasteiger partial charge in [0, 0.05) is 11.9 Å². The van der Waals surface area contributed by atoms with Crippen LogP contribution in [0.1, 0.15) is 23.9 Å². The summed E-state index contributed by atoms with van der Waals surface area (Å²) in [5.74, 6) is -0.587. The topological polar surface area (TPSA) is 79.5 Å². The van der Waals surface area contributed by atoms with Crippen molar-refractivity contribution in [2.75, 3.05) is 12.4 Å². The molecule has 1 aromatic rings. The van der Waals surface area contributed by atoms with E-state index in [1.165, 1.54) is 24.1 Å². The Morgan fingerprint density at radius 2 is 2.35 bits per heavy atom. The molecule has 0 aromatic carbocycles. The zero-order valence-electron chi connectivity index (χ0n) is 9.51. The largest absolute Gasteiger partial charge is 0.459 e. The maximum absolute atomic E-state index is 11.4. The van der Waals surface area contributed by atoms with Crippen LogP contribution in [0.5, 0.6) is 0 Å². The Morgan fingerprint density at radius 1 is 1.59 bits per heavy atom. The van der Waals surface area contributed by atoms with E-state index in [9.17, 15) is 9.59 Å². The second-order valence-electron chi connectivity index (χ2n) is 3.49. The van der Waals surface area contributed by atoms with Crippen LogP contribution in [0.3, 0.4) is 0 Å². The first-order valence-electron chi connectivity index (χ1n) is 5.23. The number of hydrogen-bond acceptors (Lipinski definition) is 5. The molecule has 0 aliphatic rings. The summed E-state index contributed by atoms with van der Waals surface area (Å²) >= 11 is 1.39. The molecule has 0 radical (unpaired) electrons. The third-order valence-electron chi connectivity index (χ3n) is 2.03. The van der Waals surface area contributed by atoms with E-state index in [0.29, 0.717) is 6.42 Å². The average molecular weight is 257 g/mol. The van der Waals surface area contributed by atoms with Gasteiger partial charge < -0.3 is 9.52 Å². The van der Waals surface area contributed by atoms with Gasteiger partial charge in [-0.3, -0.25) is 14.9 Å². The van der Waals surface area contributed by atoms with Gasteiger partial charge in [0.15, 0.2) is 5.76 Å². The number of furan rings is 1. The van der Waals surface area contributed by atoms with Gasteiger partial charge in [-0.15, -0.1) is 11.8 Å². The first-order chi connectivity index (χ1) is 8.13. The Bertz CT molecular complexity index is 364. The molecule has 6 heteroatoms. The standard InChI is InChI=1S/C11H15NO4S/c1-8(4-5-13)17-7-10(14)12-11(15)9-3-2-6-16-9/h2-3,6,8,13H,4-5,7H2,1H3,(H,12,14,15). The quantitative estimate of drug-likeness (QED) is 0.796. The molecule has 0 aliphatic carbocycles. The number of imide groups is 1. The number of aliphatic hydroxyl groups excluding tert-OH is 1. The van der Waals surface area contributed by atoms with Gasteiger partial charge in [-0.2, -0.15) is 0 Å². The Labute approximate surface area is 104 Å². The molecule has 1 rings (SSSR count). The molecule has 0 saturated carbocycles. The van der Waals surface area contributed by atoms with E-state index < -0.39 is 5.91 Å². The van der Waals surface area contributed by atoms with Crippen molar-refractivity contribution in [3.05, 3.63) is 24.2 Å². The van der Waals surface area contributed by atoms with Crippen LogP contribution in [0.2, 0.25) is 0 Å². The highest BCUT2D eigenvalue weighted by molar-refractivity contribution is 8.00. The van der Waals surface area contributed by atoms with Crippen molar-refractivity contribution in [1.29, 1.82) is 0 Å². The van der Waals surface area contributed by atoms with E-state index in [4.69, 9.17) is 9.52 Å². The molecule has 0 fully saturated rings. The smallest absolute Gasteiger partial charge is 0.293 e. The van der Waals surface area contributed by atoms with Crippen LogP contribution in [0.25, 0.3) is 0 Å². The predicted octanol–water partition coefficient (Wildman–Crippen LogP) is 1.04. The zero-order valence-corrected chi connectivity index (χ0v) is 10.3. The average Bonchev–Trinajstić information content (AvgIpc) is 2.80. The fourth-order valence-electron chi connectivity index (χ4n) is 1.12. The second-order valence-corrected chi connectivity index (χ2v) is 4.92. The number of aliphatic hydroxyl groups is 1. The van der Waals surface area contributed by atoms with Crippen LogP contribution in [0, 0.1) is 0 Å². The summed E-state index contributed by atoms with van der Waals surface area (Å²) in [6.45, 7) is 2.02. The van der Waals surface area contributed by atoms with Gasteiger partial charge in [0.05, 0.1) is 12.0 Å². The lowest BCUT2D eigenvalue weighted by Gasteiger charge is -2.08. The van der Waals surface area contributed by atoms with E-state index in [1.807, 2.05) is 6.92 Å². The lowest BCUT2D eigenvalue weighted by atomic mass is 10.3. The number of thioether (sulfide) groups is 1. The van der Waals surface area contributed by atoms with E-state index in [-0.39, 0.29) is 29.3 Å². The van der Waals surface area contributed by atoms with E-state index in [2.05, 4.69) is 5.32 Å². The molecule has 94 valence electrons. The molecular formula is C11H15NO4S. The summed E-state index contributed by atoms with van der Waals surface area (Å²) in [7, 11) is 0. The number of carbonyl (C=O) groups excluding carboxylic acids is 2. The Balaban J connectivity index is 2.28. The minimum absolute atomic E-state index is 0.0983. The molecular weight excluding hydrogens is 242 g/mol. The summed E-state index contributed by atoms with van der Waals surface area (Å²) < 4.78 is 4.86. The number of nitrogens with one attached hydrogen (secondary N) is 1. The maximum Gasteiger partial charge on any atom is 0.293 e. The fourth-order valence-corrected chi connectivity index (χ4v) is 1.90. The lowest BCUT2D eigenvalue weighted by molar-refractivity contribution is -0.117. The molecule has 2 amide bonds. The van der Waals surface area contributed by atoms with Gasteiger partial charge in [0.1, 0.15) is 0 Å². The zero-order chi connectivity index (χ0) is 12.7. The molecule has 0 aliphatic heterocycles. The molecule has 1 aromatic heterocycles. The van der Waals surface area contributed by atoms with Crippen LogP contribution in [0.4, 0.5) is 0 Å². The molecule has 1 heterocycles. The first-order valence-corrected chi connectivity index (χ1v) is 6.28. The minimum Gasteiger partial charge on any atom is -0.459 e. The van der Waals surface area contributed by atoms with Crippen LogP contribution in [0.15, 0.2) is 22.8 Å². The monoisotopic (exact) mass is 257 g/mol. The minimum atomic E-state index is -0.532. The van der Waals surface area contributed by atoms with Crippen LogP contribution < -0.4 is 5.32 Å². The summed E-state index contributed by atoms with van der Waals surface area (Å²) in [4.78, 5) is 22.8. The third kappa shape index (κ3) is 5.06. The SMILES string of the molecule is CC(CCO)SCC(=O)NC(=O)c1ccco1. The van der Waals surface area contributed by atoms with Crippen molar-refractivity contribution in [1.82, 2.24) is 5.32 Å². The van der Waals surface area contributed by atoms with E-state index >= 15 is 0 Å². The highest BCUT2D eigenvalue weighted by Gasteiger charge is 2.13. The Hall–Kier alpha value is -1.27. The second kappa shape index (κ2) is 7.13. The highest BCUT2D eigenvalue weighted by atomic mass is 32.2. The van der Waals surface area contributed by atoms with Crippen molar-refractivity contribution in [3.8, 4) is 0 Å². The molecule has 0 spiro atoms. The number of amides is 2. The van der Waals surface area contributed by atoms with E-state index in [0.717, 1.165) is 0 Å². The molecule has 5 nitrogen and oxygen atoms in total. The molecule has 17 heavy (non-hydrogen) atoms. The highest BCUT2D eigenvalue weighted by Crippen LogP contribution is 2.12. The van der Waals surface area contributed by atoms with Gasteiger partial charge in [0.25, 0.3) is 5.91 Å². The first kappa shape index (κ1) is 13.8. The van der Waals surface area contributed by atoms with Crippen molar-refractivity contribution in [3.63, 3.8) is 0 Å². The fraction of sp³-hybridized carbons (Fsp3) is 0.455. The molecule has 0 bridgehead atoms. The van der Waals surface area contributed by atoms with Gasteiger partial charge in [0.2, 0.25) is 5.91 Å². The number of hydrogen-bond donors (Lipinski definition) is 2. The van der Waals surface area contributed by atoms with Gasteiger partial charge in [-0.1, -0.05) is 6.92 Å². The molecule has 0 saturated heterocycles. The van der Waals surface area contributed by atoms with Crippen molar-refractivity contribution in [2.24, 2.45) is 0 Å². The third-order valence-corrected chi connectivity index (χ3v) is 3.27. The van der Waals surface area contributed by atoms with Crippen LogP contribution in [-0.4, -0.2) is 34.5 Å². The number of carbonyl (C=O) groups is 2. The van der Waals surface area contributed by atoms with Crippen molar-refractivity contribution >= 4 is 23.6 Å². The summed E-state index contributed by atoms with van der Waals surface area (Å²) in [6.07, 6.45) is 2.00. The van der Waals surface area contributed by atoms with Gasteiger partial charge in [-0.05, 0) is 18.6 Å².